The van der Waals surface area contributed by atoms with Crippen LogP contribution in [0.15, 0.2) is 18.2 Å². The molecule has 0 amide bonds. The summed E-state index contributed by atoms with van der Waals surface area (Å²) < 4.78 is 0. The van der Waals surface area contributed by atoms with Crippen LogP contribution in [0.2, 0.25) is 0 Å². The number of aromatic hydroxyl groups is 1. The maximum atomic E-state index is 9.51. The fourth-order valence-corrected chi connectivity index (χ4v) is 1.31. The molecule has 0 spiro atoms. The Hall–Kier alpha value is -0.770. The molecule has 1 aromatic rings. The van der Waals surface area contributed by atoms with Gasteiger partial charge >= 0.3 is 0 Å². The van der Waals surface area contributed by atoms with Crippen LogP contribution in [0.3, 0.4) is 0 Å². The number of aryl methyl sites for hydroxylation is 1. The summed E-state index contributed by atoms with van der Waals surface area (Å²) in [4.78, 5) is 0. The van der Waals surface area contributed by atoms with Gasteiger partial charge in [-0.3, -0.25) is 0 Å². The van der Waals surface area contributed by atoms with Gasteiger partial charge in [0.15, 0.2) is 0 Å². The Labute approximate surface area is 90.5 Å². The quantitative estimate of drug-likeness (QED) is 0.717. The molecule has 80 valence electrons. The number of hydrogen-bond acceptors (Lipinski definition) is 3. The Morgan fingerprint density at radius 1 is 1.43 bits per heavy atom. The van der Waals surface area contributed by atoms with E-state index in [1.54, 1.807) is 6.07 Å². The summed E-state index contributed by atoms with van der Waals surface area (Å²) in [6, 6.07) is 5.26. The van der Waals surface area contributed by atoms with Gasteiger partial charge in [0.05, 0.1) is 0 Å². The number of rotatable bonds is 3. The van der Waals surface area contributed by atoms with Crippen molar-refractivity contribution in [2.45, 2.75) is 19.4 Å². The largest absolute Gasteiger partial charge is 0.508 e. The first-order chi connectivity index (χ1) is 6.15. The van der Waals surface area contributed by atoms with Crippen LogP contribution in [0, 0.1) is 6.92 Å². The van der Waals surface area contributed by atoms with Crippen molar-refractivity contribution in [3.8, 4) is 5.75 Å². The van der Waals surface area contributed by atoms with Gasteiger partial charge in [-0.25, -0.2) is 0 Å². The predicted molar refractivity (Wildman–Crippen MR) is 60.7 cm³/mol. The highest BCUT2D eigenvalue weighted by atomic mass is 35.5. The van der Waals surface area contributed by atoms with Crippen molar-refractivity contribution < 1.29 is 5.11 Å². The molecule has 0 aliphatic carbocycles. The van der Waals surface area contributed by atoms with Crippen molar-refractivity contribution in [1.29, 1.82) is 0 Å². The number of nitrogens with two attached hydrogens (primary N) is 2. The van der Waals surface area contributed by atoms with Gasteiger partial charge in [-0.15, -0.1) is 12.4 Å². The van der Waals surface area contributed by atoms with E-state index in [-0.39, 0.29) is 24.2 Å². The second kappa shape index (κ2) is 5.86. The van der Waals surface area contributed by atoms with Crippen molar-refractivity contribution >= 4 is 12.4 Å². The first kappa shape index (κ1) is 13.2. The van der Waals surface area contributed by atoms with E-state index in [1.807, 2.05) is 19.1 Å². The minimum absolute atomic E-state index is 0. The van der Waals surface area contributed by atoms with Crippen molar-refractivity contribution in [1.82, 2.24) is 0 Å². The predicted octanol–water partition coefficient (Wildman–Crippen LogP) is 1.47. The van der Waals surface area contributed by atoms with Gasteiger partial charge in [-0.05, 0) is 26.0 Å². The molecule has 0 unspecified atom stereocenters. The van der Waals surface area contributed by atoms with Gasteiger partial charge in [0.2, 0.25) is 0 Å². The molecule has 0 radical (unpaired) electrons. The SMILES string of the molecule is Cc1ccc(O)c([C@@H](N)CCN)c1.Cl. The van der Waals surface area contributed by atoms with Gasteiger partial charge in [0, 0.05) is 11.6 Å². The molecule has 0 aliphatic heterocycles. The zero-order chi connectivity index (χ0) is 9.84. The lowest BCUT2D eigenvalue weighted by Gasteiger charge is -2.12. The smallest absolute Gasteiger partial charge is 0.120 e. The number of benzene rings is 1. The summed E-state index contributed by atoms with van der Waals surface area (Å²) in [6.07, 6.45) is 0.691. The lowest BCUT2D eigenvalue weighted by molar-refractivity contribution is 0.459. The summed E-state index contributed by atoms with van der Waals surface area (Å²) in [7, 11) is 0. The molecule has 1 atom stereocenters. The molecule has 0 aliphatic rings. The van der Waals surface area contributed by atoms with Gasteiger partial charge in [-0.2, -0.15) is 0 Å². The van der Waals surface area contributed by atoms with Crippen LogP contribution >= 0.6 is 12.4 Å². The molecule has 0 bridgehead atoms. The lowest BCUT2D eigenvalue weighted by atomic mass is 10.0. The van der Waals surface area contributed by atoms with Crippen LogP contribution in [0.1, 0.15) is 23.6 Å². The van der Waals surface area contributed by atoms with E-state index in [9.17, 15) is 5.11 Å². The third-order valence-corrected chi connectivity index (χ3v) is 2.06. The van der Waals surface area contributed by atoms with Gasteiger partial charge in [0.25, 0.3) is 0 Å². The number of phenolic OH excluding ortho intramolecular Hbond substituents is 1. The average molecular weight is 217 g/mol. The lowest BCUT2D eigenvalue weighted by Crippen LogP contribution is -2.15. The molecule has 4 heteroatoms. The molecule has 0 saturated heterocycles. The van der Waals surface area contributed by atoms with E-state index in [4.69, 9.17) is 11.5 Å². The van der Waals surface area contributed by atoms with E-state index in [0.29, 0.717) is 13.0 Å². The van der Waals surface area contributed by atoms with Crippen LogP contribution < -0.4 is 11.5 Å². The molecular weight excluding hydrogens is 200 g/mol. The summed E-state index contributed by atoms with van der Waals surface area (Å²) in [5.74, 6) is 0.256. The van der Waals surface area contributed by atoms with Gasteiger partial charge < -0.3 is 16.6 Å². The Bertz CT molecular complexity index is 291. The van der Waals surface area contributed by atoms with Crippen molar-refractivity contribution in [3.05, 3.63) is 29.3 Å². The van der Waals surface area contributed by atoms with Crippen molar-refractivity contribution in [3.63, 3.8) is 0 Å². The summed E-state index contributed by atoms with van der Waals surface area (Å²) in [5.41, 5.74) is 13.1. The van der Waals surface area contributed by atoms with Gasteiger partial charge in [-0.1, -0.05) is 17.7 Å². The summed E-state index contributed by atoms with van der Waals surface area (Å²) in [5, 5.41) is 9.51. The molecule has 1 aromatic carbocycles. The molecule has 3 nitrogen and oxygen atoms in total. The molecule has 5 N–H and O–H groups in total. The first-order valence-corrected chi connectivity index (χ1v) is 4.40. The van der Waals surface area contributed by atoms with Crippen LogP contribution in [0.4, 0.5) is 0 Å². The van der Waals surface area contributed by atoms with E-state index in [1.165, 1.54) is 0 Å². The van der Waals surface area contributed by atoms with E-state index in [2.05, 4.69) is 0 Å². The minimum Gasteiger partial charge on any atom is -0.508 e. The fraction of sp³-hybridized carbons (Fsp3) is 0.400. The summed E-state index contributed by atoms with van der Waals surface area (Å²) in [6.45, 7) is 2.51. The van der Waals surface area contributed by atoms with Crippen LogP contribution in [-0.4, -0.2) is 11.7 Å². The Morgan fingerprint density at radius 2 is 2.07 bits per heavy atom. The Kier molecular flexibility index (Phi) is 5.53. The third-order valence-electron chi connectivity index (χ3n) is 2.06. The Balaban J connectivity index is 0.00000169. The highest BCUT2D eigenvalue weighted by molar-refractivity contribution is 5.85. The normalized spacial score (nSPS) is 11.9. The highest BCUT2D eigenvalue weighted by Gasteiger charge is 2.09. The molecule has 0 saturated carbocycles. The number of halogens is 1. The molecule has 0 fully saturated rings. The minimum atomic E-state index is -0.162. The van der Waals surface area contributed by atoms with E-state index >= 15 is 0 Å². The average Bonchev–Trinajstić information content (AvgIpc) is 2.09. The monoisotopic (exact) mass is 216 g/mol. The molecule has 0 aromatic heterocycles. The standard InChI is InChI=1S/C10H16N2O.ClH/c1-7-2-3-10(13)8(6-7)9(12)4-5-11;/h2-3,6,9,13H,4-5,11-12H2,1H3;1H/t9-;/m0./s1. The number of hydrogen-bond donors (Lipinski definition) is 3. The molecule has 14 heavy (non-hydrogen) atoms. The van der Waals surface area contributed by atoms with Crippen LogP contribution in [0.5, 0.6) is 5.75 Å². The van der Waals surface area contributed by atoms with Crippen molar-refractivity contribution in [2.75, 3.05) is 6.54 Å². The zero-order valence-electron chi connectivity index (χ0n) is 8.23. The molecular formula is C10H17ClN2O. The highest BCUT2D eigenvalue weighted by Crippen LogP contribution is 2.25. The first-order valence-electron chi connectivity index (χ1n) is 4.40. The second-order valence-corrected chi connectivity index (χ2v) is 3.25. The number of phenols is 1. The molecule has 1 rings (SSSR count). The van der Waals surface area contributed by atoms with Gasteiger partial charge in [0.1, 0.15) is 5.75 Å². The summed E-state index contributed by atoms with van der Waals surface area (Å²) >= 11 is 0. The van der Waals surface area contributed by atoms with Crippen LogP contribution in [-0.2, 0) is 0 Å². The molecule has 0 heterocycles. The second-order valence-electron chi connectivity index (χ2n) is 3.25. The Morgan fingerprint density at radius 3 is 2.64 bits per heavy atom. The fourth-order valence-electron chi connectivity index (χ4n) is 1.31. The van der Waals surface area contributed by atoms with E-state index < -0.39 is 0 Å². The van der Waals surface area contributed by atoms with Crippen molar-refractivity contribution in [2.24, 2.45) is 11.5 Å². The topological polar surface area (TPSA) is 72.3 Å². The zero-order valence-corrected chi connectivity index (χ0v) is 9.05. The van der Waals surface area contributed by atoms with E-state index in [0.717, 1.165) is 11.1 Å². The maximum absolute atomic E-state index is 9.51. The maximum Gasteiger partial charge on any atom is 0.120 e. The van der Waals surface area contributed by atoms with Crippen LogP contribution in [0.25, 0.3) is 0 Å². The third kappa shape index (κ3) is 3.18.